The van der Waals surface area contributed by atoms with Crippen molar-refractivity contribution in [2.75, 3.05) is 74.3 Å². The first-order valence-corrected chi connectivity index (χ1v) is 16.1. The standard InChI is InChI=1S/C35H49N3O7/c1-6-45-33(40)26-14-20-38(21-15-26)34(41)35(28-12-8-7-9-13-28)16-22-37(23-17-35)19-11-10-18-36(2)32(39)27-24-29(42-3)31(44-5)30(25-27)43-4/h7-9,12-13,24-26H,6,10-11,14-23H2,1-5H3. The first-order valence-electron chi connectivity index (χ1n) is 16.1. The second-order valence-electron chi connectivity index (χ2n) is 12.0. The predicted molar refractivity (Wildman–Crippen MR) is 172 cm³/mol. The second-order valence-corrected chi connectivity index (χ2v) is 12.0. The van der Waals surface area contributed by atoms with E-state index in [0.717, 1.165) is 50.9 Å². The number of carbonyl (C=O) groups excluding carboxylic acids is 3. The van der Waals surface area contributed by atoms with E-state index in [1.54, 1.807) is 17.0 Å². The predicted octanol–water partition coefficient (Wildman–Crippen LogP) is 4.40. The molecule has 0 bridgehead atoms. The van der Waals surface area contributed by atoms with Gasteiger partial charge in [0.25, 0.3) is 5.91 Å². The van der Waals surface area contributed by atoms with E-state index in [-0.39, 0.29) is 23.7 Å². The summed E-state index contributed by atoms with van der Waals surface area (Å²) in [6.07, 6.45) is 4.62. The van der Waals surface area contributed by atoms with Crippen molar-refractivity contribution in [2.24, 2.45) is 5.92 Å². The van der Waals surface area contributed by atoms with E-state index >= 15 is 0 Å². The number of piperidine rings is 2. The Morgan fingerprint density at radius 3 is 2.07 bits per heavy atom. The van der Waals surface area contributed by atoms with Crippen LogP contribution in [-0.2, 0) is 19.7 Å². The first kappa shape index (κ1) is 34.1. The van der Waals surface area contributed by atoms with Gasteiger partial charge in [-0.2, -0.15) is 0 Å². The quantitative estimate of drug-likeness (QED) is 0.239. The fourth-order valence-electron chi connectivity index (χ4n) is 6.63. The van der Waals surface area contributed by atoms with Gasteiger partial charge in [-0.1, -0.05) is 30.3 Å². The molecule has 246 valence electrons. The highest BCUT2D eigenvalue weighted by Gasteiger charge is 2.45. The van der Waals surface area contributed by atoms with Gasteiger partial charge < -0.3 is 33.6 Å². The van der Waals surface area contributed by atoms with Gasteiger partial charge in [0, 0.05) is 32.2 Å². The van der Waals surface area contributed by atoms with Crippen LogP contribution in [0.2, 0.25) is 0 Å². The van der Waals surface area contributed by atoms with Crippen molar-refractivity contribution in [3.63, 3.8) is 0 Å². The monoisotopic (exact) mass is 623 g/mol. The number of rotatable bonds is 13. The number of nitrogens with zero attached hydrogens (tertiary/aromatic N) is 3. The zero-order valence-corrected chi connectivity index (χ0v) is 27.5. The number of carbonyl (C=O) groups is 3. The van der Waals surface area contributed by atoms with Gasteiger partial charge >= 0.3 is 5.97 Å². The normalized spacial score (nSPS) is 17.0. The average Bonchev–Trinajstić information content (AvgIpc) is 3.09. The Morgan fingerprint density at radius 2 is 1.51 bits per heavy atom. The lowest BCUT2D eigenvalue weighted by Crippen LogP contribution is -2.54. The molecular formula is C35H49N3O7. The number of benzene rings is 2. The lowest BCUT2D eigenvalue weighted by atomic mass is 9.71. The molecule has 2 aromatic carbocycles. The molecule has 10 heteroatoms. The Labute approximate surface area is 267 Å². The van der Waals surface area contributed by atoms with E-state index in [1.807, 2.05) is 37.1 Å². The molecule has 2 aliphatic rings. The van der Waals surface area contributed by atoms with E-state index in [1.165, 1.54) is 21.3 Å². The van der Waals surface area contributed by atoms with Crippen molar-refractivity contribution in [3.05, 3.63) is 53.6 Å². The maximum absolute atomic E-state index is 14.1. The van der Waals surface area contributed by atoms with Crippen LogP contribution in [0, 0.1) is 5.92 Å². The molecule has 0 saturated carbocycles. The Balaban J connectivity index is 1.30. The summed E-state index contributed by atoms with van der Waals surface area (Å²) in [5.41, 5.74) is 1.01. The van der Waals surface area contributed by atoms with Crippen molar-refractivity contribution in [3.8, 4) is 17.2 Å². The Hall–Kier alpha value is -3.79. The summed E-state index contributed by atoms with van der Waals surface area (Å²) in [5.74, 6) is 1.16. The zero-order chi connectivity index (χ0) is 32.4. The minimum atomic E-state index is -0.554. The van der Waals surface area contributed by atoms with E-state index < -0.39 is 5.41 Å². The number of unbranched alkanes of at least 4 members (excludes halogenated alkanes) is 1. The minimum absolute atomic E-state index is 0.107. The molecule has 0 N–H and O–H groups in total. The van der Waals surface area contributed by atoms with Gasteiger partial charge in [0.05, 0.1) is 39.3 Å². The Bertz CT molecular complexity index is 1260. The smallest absolute Gasteiger partial charge is 0.309 e. The maximum atomic E-state index is 14.1. The molecule has 2 heterocycles. The van der Waals surface area contributed by atoms with Gasteiger partial charge in [0.2, 0.25) is 11.7 Å². The summed E-state index contributed by atoms with van der Waals surface area (Å²) >= 11 is 0. The number of methoxy groups -OCH3 is 3. The van der Waals surface area contributed by atoms with Crippen LogP contribution in [0.25, 0.3) is 0 Å². The van der Waals surface area contributed by atoms with Gasteiger partial charge in [-0.05, 0) is 82.8 Å². The van der Waals surface area contributed by atoms with E-state index in [2.05, 4.69) is 17.0 Å². The summed E-state index contributed by atoms with van der Waals surface area (Å²) in [5, 5.41) is 0. The lowest BCUT2D eigenvalue weighted by Gasteiger charge is -2.45. The topological polar surface area (TPSA) is 97.9 Å². The number of hydrogen-bond donors (Lipinski definition) is 0. The maximum Gasteiger partial charge on any atom is 0.309 e. The molecule has 0 spiro atoms. The van der Waals surface area contributed by atoms with Crippen LogP contribution in [0.4, 0.5) is 0 Å². The van der Waals surface area contributed by atoms with Crippen LogP contribution in [0.3, 0.4) is 0 Å². The van der Waals surface area contributed by atoms with Crippen LogP contribution in [0.1, 0.15) is 61.4 Å². The molecule has 45 heavy (non-hydrogen) atoms. The third-order valence-corrected chi connectivity index (χ3v) is 9.32. The van der Waals surface area contributed by atoms with Crippen LogP contribution in [0.5, 0.6) is 17.2 Å². The average molecular weight is 624 g/mol. The number of hydrogen-bond acceptors (Lipinski definition) is 8. The highest BCUT2D eigenvalue weighted by Crippen LogP contribution is 2.40. The summed E-state index contributed by atoms with van der Waals surface area (Å²) < 4.78 is 21.4. The van der Waals surface area contributed by atoms with Gasteiger partial charge in [-0.25, -0.2) is 0 Å². The molecule has 0 radical (unpaired) electrons. The van der Waals surface area contributed by atoms with Crippen molar-refractivity contribution in [1.82, 2.24) is 14.7 Å². The van der Waals surface area contributed by atoms with Crippen LogP contribution in [-0.4, -0.2) is 107 Å². The lowest BCUT2D eigenvalue weighted by molar-refractivity contribution is -0.152. The van der Waals surface area contributed by atoms with Crippen molar-refractivity contribution in [1.29, 1.82) is 0 Å². The van der Waals surface area contributed by atoms with Crippen molar-refractivity contribution < 1.29 is 33.3 Å². The van der Waals surface area contributed by atoms with Gasteiger partial charge in [-0.15, -0.1) is 0 Å². The number of likely N-dealkylation sites (tertiary alicyclic amines) is 2. The zero-order valence-electron chi connectivity index (χ0n) is 27.5. The molecule has 2 amide bonds. The first-order chi connectivity index (χ1) is 21.8. The SMILES string of the molecule is CCOC(=O)C1CCN(C(=O)C2(c3ccccc3)CCN(CCCCN(C)C(=O)c3cc(OC)c(OC)c(OC)c3)CC2)CC1. The Morgan fingerprint density at radius 1 is 0.889 bits per heavy atom. The van der Waals surface area contributed by atoms with Gasteiger partial charge in [0.15, 0.2) is 11.5 Å². The van der Waals surface area contributed by atoms with Gasteiger partial charge in [-0.3, -0.25) is 14.4 Å². The summed E-state index contributed by atoms with van der Waals surface area (Å²) in [6, 6.07) is 13.5. The molecule has 0 aliphatic carbocycles. The molecule has 0 aromatic heterocycles. The summed E-state index contributed by atoms with van der Waals surface area (Å²) in [4.78, 5) is 45.7. The molecule has 2 aromatic rings. The second kappa shape index (κ2) is 16.0. The minimum Gasteiger partial charge on any atom is -0.493 e. The number of amides is 2. The molecule has 2 fully saturated rings. The molecule has 0 atom stereocenters. The van der Waals surface area contributed by atoms with E-state index in [4.69, 9.17) is 18.9 Å². The third kappa shape index (κ3) is 7.90. The molecular weight excluding hydrogens is 574 g/mol. The van der Waals surface area contributed by atoms with Gasteiger partial charge in [0.1, 0.15) is 0 Å². The molecule has 2 saturated heterocycles. The summed E-state index contributed by atoms with van der Waals surface area (Å²) in [7, 11) is 6.41. The number of esters is 1. The molecule has 10 nitrogen and oxygen atoms in total. The fourth-order valence-corrected chi connectivity index (χ4v) is 6.63. The Kier molecular flexibility index (Phi) is 12.1. The summed E-state index contributed by atoms with van der Waals surface area (Å²) in [6.45, 7) is 6.58. The highest BCUT2D eigenvalue weighted by atomic mass is 16.5. The molecule has 4 rings (SSSR count). The number of ether oxygens (including phenoxy) is 4. The van der Waals surface area contributed by atoms with E-state index in [0.29, 0.717) is 61.9 Å². The highest BCUT2D eigenvalue weighted by molar-refractivity contribution is 5.95. The van der Waals surface area contributed by atoms with Crippen LogP contribution in [0.15, 0.2) is 42.5 Å². The van der Waals surface area contributed by atoms with Crippen molar-refractivity contribution in [2.45, 2.75) is 50.9 Å². The fraction of sp³-hybridized carbons (Fsp3) is 0.571. The molecule has 0 unspecified atom stereocenters. The molecule has 2 aliphatic heterocycles. The van der Waals surface area contributed by atoms with E-state index in [9.17, 15) is 14.4 Å². The van der Waals surface area contributed by atoms with Crippen LogP contribution < -0.4 is 14.2 Å². The third-order valence-electron chi connectivity index (χ3n) is 9.32. The van der Waals surface area contributed by atoms with Crippen LogP contribution >= 0.6 is 0 Å². The van der Waals surface area contributed by atoms with Crippen molar-refractivity contribution >= 4 is 17.8 Å². The largest absolute Gasteiger partial charge is 0.493 e.